The van der Waals surface area contributed by atoms with E-state index in [-0.39, 0.29) is 5.56 Å². The Labute approximate surface area is 117 Å². The van der Waals surface area contributed by atoms with Crippen LogP contribution in [-0.2, 0) is 9.53 Å². The predicted molar refractivity (Wildman–Crippen MR) is 71.9 cm³/mol. The molecule has 20 heavy (non-hydrogen) atoms. The molecule has 1 aromatic carbocycles. The van der Waals surface area contributed by atoms with Crippen LogP contribution in [-0.4, -0.2) is 35.4 Å². The molecule has 1 saturated heterocycles. The van der Waals surface area contributed by atoms with E-state index in [0.717, 1.165) is 12.8 Å². The average molecular weight is 278 g/mol. The molecule has 0 bridgehead atoms. The Bertz CT molecular complexity index is 474. The third-order valence-corrected chi connectivity index (χ3v) is 3.77. The van der Waals surface area contributed by atoms with E-state index in [4.69, 9.17) is 9.84 Å². The Morgan fingerprint density at radius 3 is 2.25 bits per heavy atom. The molecule has 0 aliphatic carbocycles. The summed E-state index contributed by atoms with van der Waals surface area (Å²) in [6.45, 7) is 1.38. The number of benzene rings is 1. The van der Waals surface area contributed by atoms with Gasteiger partial charge in [-0.2, -0.15) is 0 Å². The fourth-order valence-corrected chi connectivity index (χ4v) is 2.55. The van der Waals surface area contributed by atoms with Gasteiger partial charge in [0, 0.05) is 13.2 Å². The SMILES string of the molecule is O=C(O)c1ccc(C(CC2CCOCC2)C(=O)O)cc1. The van der Waals surface area contributed by atoms with Crippen molar-refractivity contribution in [3.05, 3.63) is 35.4 Å². The summed E-state index contributed by atoms with van der Waals surface area (Å²) in [6.07, 6.45) is 2.35. The number of ether oxygens (including phenoxy) is 1. The lowest BCUT2D eigenvalue weighted by molar-refractivity contribution is -0.139. The van der Waals surface area contributed by atoms with Crippen LogP contribution in [0.15, 0.2) is 24.3 Å². The second kappa shape index (κ2) is 6.52. The van der Waals surface area contributed by atoms with Crippen molar-refractivity contribution in [2.75, 3.05) is 13.2 Å². The minimum atomic E-state index is -1.01. The van der Waals surface area contributed by atoms with Crippen molar-refractivity contribution in [1.29, 1.82) is 0 Å². The van der Waals surface area contributed by atoms with Gasteiger partial charge in [0.25, 0.3) is 0 Å². The van der Waals surface area contributed by atoms with Crippen molar-refractivity contribution in [2.45, 2.75) is 25.2 Å². The number of hydrogen-bond donors (Lipinski definition) is 2. The van der Waals surface area contributed by atoms with Crippen molar-refractivity contribution >= 4 is 11.9 Å². The third-order valence-electron chi connectivity index (χ3n) is 3.77. The van der Waals surface area contributed by atoms with E-state index in [0.29, 0.717) is 31.1 Å². The molecule has 0 aromatic heterocycles. The highest BCUT2D eigenvalue weighted by Crippen LogP contribution is 2.29. The second-order valence-corrected chi connectivity index (χ2v) is 5.11. The number of carbonyl (C=O) groups is 2. The van der Waals surface area contributed by atoms with Gasteiger partial charge in [0.1, 0.15) is 0 Å². The highest BCUT2D eigenvalue weighted by molar-refractivity contribution is 5.87. The van der Waals surface area contributed by atoms with E-state index in [2.05, 4.69) is 0 Å². The van der Waals surface area contributed by atoms with Crippen molar-refractivity contribution < 1.29 is 24.5 Å². The molecule has 0 radical (unpaired) electrons. The molecule has 2 N–H and O–H groups in total. The zero-order chi connectivity index (χ0) is 14.5. The van der Waals surface area contributed by atoms with Crippen molar-refractivity contribution in [1.82, 2.24) is 0 Å². The van der Waals surface area contributed by atoms with Crippen LogP contribution in [0.1, 0.15) is 41.1 Å². The summed E-state index contributed by atoms with van der Waals surface area (Å²) in [5.74, 6) is -2.10. The van der Waals surface area contributed by atoms with Gasteiger partial charge in [-0.1, -0.05) is 12.1 Å². The van der Waals surface area contributed by atoms with Gasteiger partial charge >= 0.3 is 11.9 Å². The molecule has 1 atom stereocenters. The summed E-state index contributed by atoms with van der Waals surface area (Å²) < 4.78 is 5.28. The number of carboxylic acids is 2. The van der Waals surface area contributed by atoms with Gasteiger partial charge in [0.15, 0.2) is 0 Å². The smallest absolute Gasteiger partial charge is 0.335 e. The van der Waals surface area contributed by atoms with Crippen LogP contribution in [0, 0.1) is 5.92 Å². The predicted octanol–water partition coefficient (Wildman–Crippen LogP) is 2.37. The molecule has 5 heteroatoms. The van der Waals surface area contributed by atoms with Crippen LogP contribution in [0.3, 0.4) is 0 Å². The maximum absolute atomic E-state index is 11.4. The zero-order valence-electron chi connectivity index (χ0n) is 11.1. The first kappa shape index (κ1) is 14.5. The Morgan fingerprint density at radius 2 is 1.75 bits per heavy atom. The maximum atomic E-state index is 11.4. The highest BCUT2D eigenvalue weighted by atomic mass is 16.5. The fourth-order valence-electron chi connectivity index (χ4n) is 2.55. The number of aromatic carboxylic acids is 1. The molecule has 2 rings (SSSR count). The second-order valence-electron chi connectivity index (χ2n) is 5.11. The Morgan fingerprint density at radius 1 is 1.15 bits per heavy atom. The molecule has 0 spiro atoms. The van der Waals surface area contributed by atoms with Crippen LogP contribution in [0.5, 0.6) is 0 Å². The average Bonchev–Trinajstić information content (AvgIpc) is 2.45. The molecule has 5 nitrogen and oxygen atoms in total. The summed E-state index contributed by atoms with van der Waals surface area (Å²) in [5, 5.41) is 18.2. The van der Waals surface area contributed by atoms with Crippen molar-refractivity contribution in [2.24, 2.45) is 5.92 Å². The first-order valence-electron chi connectivity index (χ1n) is 6.71. The lowest BCUT2D eigenvalue weighted by Gasteiger charge is -2.25. The van der Waals surface area contributed by atoms with Crippen LogP contribution in [0.2, 0.25) is 0 Å². The quantitative estimate of drug-likeness (QED) is 0.863. The molecule has 1 aromatic rings. The van der Waals surface area contributed by atoms with Crippen LogP contribution in [0.4, 0.5) is 0 Å². The minimum absolute atomic E-state index is 0.170. The monoisotopic (exact) mass is 278 g/mol. The molecule has 1 aliphatic rings. The van der Waals surface area contributed by atoms with E-state index in [1.807, 2.05) is 0 Å². The molecule has 0 amide bonds. The van der Waals surface area contributed by atoms with Gasteiger partial charge < -0.3 is 14.9 Å². The lowest BCUT2D eigenvalue weighted by atomic mass is 9.85. The number of aliphatic carboxylic acids is 1. The zero-order valence-corrected chi connectivity index (χ0v) is 11.1. The summed E-state index contributed by atoms with van der Waals surface area (Å²) in [4.78, 5) is 22.2. The lowest BCUT2D eigenvalue weighted by Crippen LogP contribution is -2.21. The van der Waals surface area contributed by atoms with E-state index in [1.165, 1.54) is 12.1 Å². The fraction of sp³-hybridized carbons (Fsp3) is 0.467. The number of rotatable bonds is 5. The largest absolute Gasteiger partial charge is 0.481 e. The Balaban J connectivity index is 2.11. The summed E-state index contributed by atoms with van der Waals surface area (Å²) in [6, 6.07) is 6.11. The minimum Gasteiger partial charge on any atom is -0.481 e. The van der Waals surface area contributed by atoms with E-state index in [1.54, 1.807) is 12.1 Å². The summed E-state index contributed by atoms with van der Waals surface area (Å²) >= 11 is 0. The standard InChI is InChI=1S/C15H18O5/c16-14(17)12-3-1-11(2-4-12)13(15(18)19)9-10-5-7-20-8-6-10/h1-4,10,13H,5-9H2,(H,16,17)(H,18,19). The van der Waals surface area contributed by atoms with Gasteiger partial charge in [0.2, 0.25) is 0 Å². The summed E-state index contributed by atoms with van der Waals surface area (Å²) in [5.41, 5.74) is 0.831. The van der Waals surface area contributed by atoms with E-state index in [9.17, 15) is 14.7 Å². The van der Waals surface area contributed by atoms with Gasteiger partial charge in [-0.25, -0.2) is 4.79 Å². The first-order valence-corrected chi connectivity index (χ1v) is 6.71. The number of hydrogen-bond acceptors (Lipinski definition) is 3. The number of carboxylic acid groups (broad SMARTS) is 2. The van der Waals surface area contributed by atoms with Crippen molar-refractivity contribution in [3.8, 4) is 0 Å². The van der Waals surface area contributed by atoms with E-state index < -0.39 is 17.9 Å². The molecule has 1 aliphatic heterocycles. The highest BCUT2D eigenvalue weighted by Gasteiger charge is 2.25. The van der Waals surface area contributed by atoms with Crippen molar-refractivity contribution in [3.63, 3.8) is 0 Å². The van der Waals surface area contributed by atoms with Gasteiger partial charge in [-0.05, 0) is 42.9 Å². The first-order chi connectivity index (χ1) is 9.58. The Hall–Kier alpha value is -1.88. The van der Waals surface area contributed by atoms with E-state index >= 15 is 0 Å². The molecule has 1 heterocycles. The topological polar surface area (TPSA) is 83.8 Å². The van der Waals surface area contributed by atoms with Gasteiger partial charge in [0.05, 0.1) is 11.5 Å². The van der Waals surface area contributed by atoms with Gasteiger partial charge in [-0.15, -0.1) is 0 Å². The molecular formula is C15H18O5. The Kier molecular flexibility index (Phi) is 4.74. The molecule has 1 unspecified atom stereocenters. The molecule has 0 saturated carbocycles. The molecule has 1 fully saturated rings. The van der Waals surface area contributed by atoms with Gasteiger partial charge in [-0.3, -0.25) is 4.79 Å². The van der Waals surface area contributed by atoms with Crippen LogP contribution < -0.4 is 0 Å². The van der Waals surface area contributed by atoms with Crippen LogP contribution >= 0.6 is 0 Å². The summed E-state index contributed by atoms with van der Waals surface area (Å²) in [7, 11) is 0. The third kappa shape index (κ3) is 3.57. The molecule has 108 valence electrons. The molecular weight excluding hydrogens is 260 g/mol. The maximum Gasteiger partial charge on any atom is 0.335 e. The van der Waals surface area contributed by atoms with Crippen LogP contribution in [0.25, 0.3) is 0 Å². The normalized spacial score (nSPS) is 17.6.